The lowest BCUT2D eigenvalue weighted by Gasteiger charge is -2.35. The van der Waals surface area contributed by atoms with Crippen LogP contribution < -0.4 is 10.2 Å². The molecule has 1 amide bonds. The van der Waals surface area contributed by atoms with Crippen LogP contribution in [0.2, 0.25) is 0 Å². The summed E-state index contributed by atoms with van der Waals surface area (Å²) in [5.74, 6) is -0.0165. The maximum Gasteiger partial charge on any atom is 0.261 e. The van der Waals surface area contributed by atoms with E-state index >= 15 is 0 Å². The molecule has 0 unspecified atom stereocenters. The molecule has 1 aliphatic heterocycles. The van der Waals surface area contributed by atoms with Gasteiger partial charge in [-0.3, -0.25) is 4.79 Å². The molecule has 0 bridgehead atoms. The van der Waals surface area contributed by atoms with E-state index in [9.17, 15) is 4.79 Å². The number of carbonyl (C=O) groups excluding carboxylic acids is 1. The standard InChI is InChI=1S/C23H25N3OS/c1-25-13-15-26(16-14-25)20-10-6-5-9-19(20)21-11-12-22(28-21)23(27)24-17-18-7-3-2-4-8-18/h2-12H,13-17H2,1H3,(H,24,27). The van der Waals surface area contributed by atoms with Crippen LogP contribution in [-0.2, 0) is 6.54 Å². The maximum atomic E-state index is 12.6. The second-order valence-electron chi connectivity index (χ2n) is 7.14. The first-order valence-corrected chi connectivity index (χ1v) is 10.5. The lowest BCUT2D eigenvalue weighted by atomic mass is 10.1. The Morgan fingerprint density at radius 1 is 0.929 bits per heavy atom. The molecule has 2 aromatic carbocycles. The number of likely N-dealkylation sites (N-methyl/N-ethyl adjacent to an activating group) is 1. The molecule has 0 radical (unpaired) electrons. The van der Waals surface area contributed by atoms with Crippen LogP contribution in [0.15, 0.2) is 66.7 Å². The van der Waals surface area contributed by atoms with Gasteiger partial charge in [-0.25, -0.2) is 0 Å². The monoisotopic (exact) mass is 391 g/mol. The second kappa shape index (κ2) is 8.59. The van der Waals surface area contributed by atoms with Crippen LogP contribution in [0.1, 0.15) is 15.2 Å². The lowest BCUT2D eigenvalue weighted by Crippen LogP contribution is -2.44. The number of piperazine rings is 1. The van der Waals surface area contributed by atoms with Crippen LogP contribution in [0.4, 0.5) is 5.69 Å². The fourth-order valence-corrected chi connectivity index (χ4v) is 4.43. The summed E-state index contributed by atoms with van der Waals surface area (Å²) in [5.41, 5.74) is 3.57. The fraction of sp³-hybridized carbons (Fsp3) is 0.261. The minimum atomic E-state index is -0.0165. The number of benzene rings is 2. The molecule has 2 heterocycles. The molecule has 0 atom stereocenters. The topological polar surface area (TPSA) is 35.6 Å². The van der Waals surface area contributed by atoms with Crippen molar-refractivity contribution in [2.45, 2.75) is 6.54 Å². The second-order valence-corrected chi connectivity index (χ2v) is 8.22. The summed E-state index contributed by atoms with van der Waals surface area (Å²) in [7, 11) is 2.17. The molecular weight excluding hydrogens is 366 g/mol. The molecule has 1 N–H and O–H groups in total. The van der Waals surface area contributed by atoms with Crippen molar-refractivity contribution in [1.29, 1.82) is 0 Å². The van der Waals surface area contributed by atoms with Crippen molar-refractivity contribution in [3.8, 4) is 10.4 Å². The summed E-state index contributed by atoms with van der Waals surface area (Å²) in [6.07, 6.45) is 0. The number of hydrogen-bond acceptors (Lipinski definition) is 4. The molecule has 4 nitrogen and oxygen atoms in total. The van der Waals surface area contributed by atoms with Crippen LogP contribution in [-0.4, -0.2) is 44.0 Å². The Bertz CT molecular complexity index is 930. The van der Waals surface area contributed by atoms with E-state index in [0.29, 0.717) is 6.54 Å². The summed E-state index contributed by atoms with van der Waals surface area (Å²) < 4.78 is 0. The minimum absolute atomic E-state index is 0.0165. The number of hydrogen-bond donors (Lipinski definition) is 1. The van der Waals surface area contributed by atoms with Gasteiger partial charge in [0, 0.05) is 48.9 Å². The highest BCUT2D eigenvalue weighted by atomic mass is 32.1. The first-order chi connectivity index (χ1) is 13.7. The van der Waals surface area contributed by atoms with Gasteiger partial charge in [-0.15, -0.1) is 11.3 Å². The minimum Gasteiger partial charge on any atom is -0.368 e. The third-order valence-electron chi connectivity index (χ3n) is 5.14. The molecular formula is C23H25N3OS. The summed E-state index contributed by atoms with van der Waals surface area (Å²) in [5, 5.41) is 3.02. The molecule has 144 valence electrons. The summed E-state index contributed by atoms with van der Waals surface area (Å²) in [6.45, 7) is 4.76. The van der Waals surface area contributed by atoms with Crippen molar-refractivity contribution in [3.63, 3.8) is 0 Å². The molecule has 4 rings (SSSR count). The lowest BCUT2D eigenvalue weighted by molar-refractivity contribution is 0.0955. The number of anilines is 1. The molecule has 0 spiro atoms. The summed E-state index contributed by atoms with van der Waals surface area (Å²) in [6, 6.07) is 22.5. The highest BCUT2D eigenvalue weighted by Crippen LogP contribution is 2.35. The quantitative estimate of drug-likeness (QED) is 0.711. The fourth-order valence-electron chi connectivity index (χ4n) is 3.48. The van der Waals surface area contributed by atoms with Gasteiger partial charge in [0.05, 0.1) is 4.88 Å². The van der Waals surface area contributed by atoms with Crippen molar-refractivity contribution in [2.24, 2.45) is 0 Å². The van der Waals surface area contributed by atoms with Gasteiger partial charge in [-0.05, 0) is 30.8 Å². The Balaban J connectivity index is 1.49. The van der Waals surface area contributed by atoms with E-state index in [0.717, 1.165) is 41.5 Å². The normalized spacial score (nSPS) is 14.8. The Hall–Kier alpha value is -2.63. The van der Waals surface area contributed by atoms with Crippen LogP contribution in [0.25, 0.3) is 10.4 Å². The van der Waals surface area contributed by atoms with Crippen molar-refractivity contribution >= 4 is 22.9 Å². The Kier molecular flexibility index (Phi) is 5.74. The molecule has 0 aliphatic carbocycles. The first-order valence-electron chi connectivity index (χ1n) is 9.65. The highest BCUT2D eigenvalue weighted by Gasteiger charge is 2.19. The van der Waals surface area contributed by atoms with E-state index < -0.39 is 0 Å². The third-order valence-corrected chi connectivity index (χ3v) is 6.26. The van der Waals surface area contributed by atoms with Crippen molar-refractivity contribution in [3.05, 3.63) is 77.2 Å². The van der Waals surface area contributed by atoms with Crippen molar-refractivity contribution < 1.29 is 4.79 Å². The average Bonchev–Trinajstić information content (AvgIpc) is 3.24. The van der Waals surface area contributed by atoms with Gasteiger partial charge < -0.3 is 15.1 Å². The highest BCUT2D eigenvalue weighted by molar-refractivity contribution is 7.17. The van der Waals surface area contributed by atoms with Crippen LogP contribution >= 0.6 is 11.3 Å². The van der Waals surface area contributed by atoms with Gasteiger partial charge in [0.2, 0.25) is 0 Å². The molecule has 1 saturated heterocycles. The number of nitrogens with one attached hydrogen (secondary N) is 1. The smallest absolute Gasteiger partial charge is 0.261 e. The van der Waals surface area contributed by atoms with Crippen LogP contribution in [0.5, 0.6) is 0 Å². The van der Waals surface area contributed by atoms with Crippen molar-refractivity contribution in [1.82, 2.24) is 10.2 Å². The predicted octanol–water partition coefficient (Wildman–Crippen LogP) is 4.10. The van der Waals surface area contributed by atoms with E-state index in [1.807, 2.05) is 36.4 Å². The molecule has 3 aromatic rings. The third kappa shape index (κ3) is 4.26. The van der Waals surface area contributed by atoms with E-state index in [4.69, 9.17) is 0 Å². The zero-order valence-corrected chi connectivity index (χ0v) is 16.9. The predicted molar refractivity (Wildman–Crippen MR) is 117 cm³/mol. The molecule has 0 saturated carbocycles. The van der Waals surface area contributed by atoms with Gasteiger partial charge in [-0.1, -0.05) is 48.5 Å². The van der Waals surface area contributed by atoms with Gasteiger partial charge in [0.15, 0.2) is 0 Å². The zero-order chi connectivity index (χ0) is 19.3. The van der Waals surface area contributed by atoms with Gasteiger partial charge in [-0.2, -0.15) is 0 Å². The zero-order valence-electron chi connectivity index (χ0n) is 16.1. The van der Waals surface area contributed by atoms with E-state index in [1.165, 1.54) is 11.3 Å². The van der Waals surface area contributed by atoms with Crippen LogP contribution in [0, 0.1) is 0 Å². The van der Waals surface area contributed by atoms with E-state index in [2.05, 4.69) is 52.5 Å². The molecule has 1 aliphatic rings. The number of thiophene rings is 1. The van der Waals surface area contributed by atoms with Crippen LogP contribution in [0.3, 0.4) is 0 Å². The molecule has 28 heavy (non-hydrogen) atoms. The SMILES string of the molecule is CN1CCN(c2ccccc2-c2ccc(C(=O)NCc3ccccc3)s2)CC1. The van der Waals surface area contributed by atoms with Gasteiger partial charge in [0.25, 0.3) is 5.91 Å². The Labute approximate surface area is 170 Å². The maximum absolute atomic E-state index is 12.6. The number of rotatable bonds is 5. The summed E-state index contributed by atoms with van der Waals surface area (Å²) in [4.78, 5) is 19.3. The Morgan fingerprint density at radius 3 is 2.43 bits per heavy atom. The molecule has 5 heteroatoms. The van der Waals surface area contributed by atoms with Crippen molar-refractivity contribution in [2.75, 3.05) is 38.1 Å². The van der Waals surface area contributed by atoms with E-state index in [1.54, 1.807) is 11.3 Å². The Morgan fingerprint density at radius 2 is 1.64 bits per heavy atom. The molecule has 1 aromatic heterocycles. The number of amides is 1. The number of nitrogens with zero attached hydrogens (tertiary/aromatic N) is 2. The average molecular weight is 392 g/mol. The number of carbonyl (C=O) groups is 1. The van der Waals surface area contributed by atoms with E-state index in [-0.39, 0.29) is 5.91 Å². The molecule has 1 fully saturated rings. The van der Waals surface area contributed by atoms with Gasteiger partial charge in [0.1, 0.15) is 0 Å². The first kappa shape index (κ1) is 18.7. The number of para-hydroxylation sites is 1. The van der Waals surface area contributed by atoms with Gasteiger partial charge >= 0.3 is 0 Å². The largest absolute Gasteiger partial charge is 0.368 e. The summed E-state index contributed by atoms with van der Waals surface area (Å²) >= 11 is 1.56.